The Labute approximate surface area is 118 Å². The van der Waals surface area contributed by atoms with Crippen LogP contribution < -0.4 is 0 Å². The van der Waals surface area contributed by atoms with Crippen molar-refractivity contribution in [3.05, 3.63) is 35.6 Å². The van der Waals surface area contributed by atoms with E-state index < -0.39 is 5.97 Å². The highest BCUT2D eigenvalue weighted by Gasteiger charge is 2.26. The molecule has 2 heterocycles. The minimum atomic E-state index is -0.677. The monoisotopic (exact) mass is 273 g/mol. The van der Waals surface area contributed by atoms with Gasteiger partial charge in [-0.05, 0) is 32.4 Å². The number of hydrogen-bond donors (Lipinski definition) is 1. The Kier molecular flexibility index (Phi) is 3.49. The van der Waals surface area contributed by atoms with Crippen molar-refractivity contribution in [1.29, 1.82) is 0 Å². The van der Waals surface area contributed by atoms with Gasteiger partial charge in [0.25, 0.3) is 0 Å². The van der Waals surface area contributed by atoms with Crippen molar-refractivity contribution in [2.75, 3.05) is 13.1 Å². The normalized spacial score (nSPS) is 20.4. The van der Waals surface area contributed by atoms with Crippen LogP contribution in [-0.2, 0) is 11.3 Å². The van der Waals surface area contributed by atoms with Crippen LogP contribution in [0.25, 0.3) is 11.0 Å². The molecule has 106 valence electrons. The van der Waals surface area contributed by atoms with E-state index in [2.05, 4.69) is 11.0 Å². The van der Waals surface area contributed by atoms with Crippen LogP contribution in [0.2, 0.25) is 0 Å². The van der Waals surface area contributed by atoms with E-state index in [1.165, 1.54) is 5.56 Å². The van der Waals surface area contributed by atoms with E-state index in [0.29, 0.717) is 6.54 Å². The quantitative estimate of drug-likeness (QED) is 0.934. The van der Waals surface area contributed by atoms with Gasteiger partial charge in [0.15, 0.2) is 0 Å². The van der Waals surface area contributed by atoms with E-state index in [9.17, 15) is 4.79 Å². The van der Waals surface area contributed by atoms with Gasteiger partial charge < -0.3 is 9.52 Å². The van der Waals surface area contributed by atoms with Crippen LogP contribution in [0.3, 0.4) is 0 Å². The largest absolute Gasteiger partial charge is 0.481 e. The third-order valence-corrected chi connectivity index (χ3v) is 4.14. The average Bonchev–Trinajstić information content (AvgIpc) is 2.76. The number of furan rings is 1. The highest BCUT2D eigenvalue weighted by Crippen LogP contribution is 2.28. The number of nitrogens with zero attached hydrogens (tertiary/aromatic N) is 1. The van der Waals surface area contributed by atoms with Crippen molar-refractivity contribution >= 4 is 16.9 Å². The minimum absolute atomic E-state index is 0.234. The molecular formula is C16H19NO3. The second kappa shape index (κ2) is 5.29. The molecule has 1 unspecified atom stereocenters. The first-order valence-electron chi connectivity index (χ1n) is 7.07. The zero-order valence-corrected chi connectivity index (χ0v) is 11.6. The predicted molar refractivity (Wildman–Crippen MR) is 76.6 cm³/mol. The molecule has 1 N–H and O–H groups in total. The number of carboxylic acids is 1. The molecule has 1 aromatic carbocycles. The summed E-state index contributed by atoms with van der Waals surface area (Å²) in [6, 6.07) is 8.02. The summed E-state index contributed by atoms with van der Waals surface area (Å²) in [7, 11) is 0. The van der Waals surface area contributed by atoms with Gasteiger partial charge >= 0.3 is 5.97 Å². The fourth-order valence-electron chi connectivity index (χ4n) is 3.04. The summed E-state index contributed by atoms with van der Waals surface area (Å²) in [6.45, 7) is 4.34. The Morgan fingerprint density at radius 3 is 3.05 bits per heavy atom. The van der Waals surface area contributed by atoms with Crippen molar-refractivity contribution < 1.29 is 14.3 Å². The number of piperidine rings is 1. The van der Waals surface area contributed by atoms with Crippen LogP contribution in [-0.4, -0.2) is 29.1 Å². The van der Waals surface area contributed by atoms with E-state index in [1.807, 2.05) is 25.1 Å². The number of carboxylic acid groups (broad SMARTS) is 1. The van der Waals surface area contributed by atoms with Gasteiger partial charge in [0.2, 0.25) is 0 Å². The molecule has 1 fully saturated rings. The molecule has 1 saturated heterocycles. The lowest BCUT2D eigenvalue weighted by atomic mass is 9.97. The van der Waals surface area contributed by atoms with Crippen LogP contribution in [0.15, 0.2) is 28.7 Å². The molecule has 0 saturated carbocycles. The Morgan fingerprint density at radius 2 is 2.25 bits per heavy atom. The number of fused-ring (bicyclic) bond motifs is 1. The lowest BCUT2D eigenvalue weighted by molar-refractivity contribution is -0.143. The molecule has 0 spiro atoms. The highest BCUT2D eigenvalue weighted by molar-refractivity contribution is 5.82. The first kappa shape index (κ1) is 13.2. The number of aliphatic carboxylic acids is 1. The van der Waals surface area contributed by atoms with Crippen molar-refractivity contribution in [2.45, 2.75) is 26.3 Å². The molecule has 3 rings (SSSR count). The van der Waals surface area contributed by atoms with Crippen LogP contribution in [0.4, 0.5) is 0 Å². The summed E-state index contributed by atoms with van der Waals surface area (Å²) < 4.78 is 5.77. The van der Waals surface area contributed by atoms with E-state index in [1.54, 1.807) is 0 Å². The molecule has 0 bridgehead atoms. The molecule has 4 heteroatoms. The van der Waals surface area contributed by atoms with Gasteiger partial charge in [-0.1, -0.05) is 18.2 Å². The summed E-state index contributed by atoms with van der Waals surface area (Å²) >= 11 is 0. The summed E-state index contributed by atoms with van der Waals surface area (Å²) in [4.78, 5) is 13.4. The Morgan fingerprint density at radius 1 is 1.45 bits per heavy atom. The van der Waals surface area contributed by atoms with Crippen molar-refractivity contribution in [1.82, 2.24) is 4.90 Å². The molecule has 1 atom stereocenters. The predicted octanol–water partition coefficient (Wildman–Crippen LogP) is 3.04. The highest BCUT2D eigenvalue weighted by atomic mass is 16.4. The maximum absolute atomic E-state index is 11.1. The zero-order valence-electron chi connectivity index (χ0n) is 11.6. The summed E-state index contributed by atoms with van der Waals surface area (Å²) in [5.74, 6) is 0.0225. The minimum Gasteiger partial charge on any atom is -0.481 e. The van der Waals surface area contributed by atoms with Crippen LogP contribution >= 0.6 is 0 Å². The first-order chi connectivity index (χ1) is 9.65. The molecule has 4 nitrogen and oxygen atoms in total. The molecule has 0 aliphatic carbocycles. The van der Waals surface area contributed by atoms with Gasteiger partial charge in [0, 0.05) is 24.0 Å². The molecule has 0 radical (unpaired) electrons. The van der Waals surface area contributed by atoms with Crippen LogP contribution in [0, 0.1) is 12.8 Å². The molecule has 1 aliphatic rings. The molecule has 1 aliphatic heterocycles. The Balaban J connectivity index is 1.82. The van der Waals surface area contributed by atoms with E-state index in [0.717, 1.165) is 42.7 Å². The van der Waals surface area contributed by atoms with Gasteiger partial charge in [-0.2, -0.15) is 0 Å². The summed E-state index contributed by atoms with van der Waals surface area (Å²) in [6.07, 6.45) is 1.74. The lowest BCUT2D eigenvalue weighted by Crippen LogP contribution is -2.38. The maximum atomic E-state index is 11.1. The maximum Gasteiger partial charge on any atom is 0.307 e. The van der Waals surface area contributed by atoms with Gasteiger partial charge in [0.1, 0.15) is 11.3 Å². The van der Waals surface area contributed by atoms with Crippen molar-refractivity contribution in [3.63, 3.8) is 0 Å². The number of aryl methyl sites for hydroxylation is 1. The summed E-state index contributed by atoms with van der Waals surface area (Å²) in [5, 5.41) is 10.3. The lowest BCUT2D eigenvalue weighted by Gasteiger charge is -2.30. The number of benzene rings is 1. The van der Waals surface area contributed by atoms with E-state index in [4.69, 9.17) is 9.52 Å². The van der Waals surface area contributed by atoms with Crippen LogP contribution in [0.1, 0.15) is 24.2 Å². The summed E-state index contributed by atoms with van der Waals surface area (Å²) in [5.41, 5.74) is 2.10. The molecule has 2 aromatic rings. The van der Waals surface area contributed by atoms with Crippen molar-refractivity contribution in [2.24, 2.45) is 5.92 Å². The molecule has 1 aromatic heterocycles. The van der Waals surface area contributed by atoms with Gasteiger partial charge in [-0.3, -0.25) is 9.69 Å². The number of likely N-dealkylation sites (tertiary alicyclic amines) is 1. The molecular weight excluding hydrogens is 254 g/mol. The van der Waals surface area contributed by atoms with E-state index in [-0.39, 0.29) is 5.92 Å². The van der Waals surface area contributed by atoms with Crippen LogP contribution in [0.5, 0.6) is 0 Å². The number of para-hydroxylation sites is 1. The standard InChI is InChI=1S/C16H19NO3/c1-11-14(13-6-2-3-7-15(13)20-11)10-17-8-4-5-12(9-17)16(18)19/h2-3,6-7,12H,4-5,8-10H2,1H3,(H,18,19). The smallest absolute Gasteiger partial charge is 0.307 e. The third kappa shape index (κ3) is 2.43. The fourth-order valence-corrected chi connectivity index (χ4v) is 3.04. The second-order valence-corrected chi connectivity index (χ2v) is 5.55. The van der Waals surface area contributed by atoms with Gasteiger partial charge in [-0.15, -0.1) is 0 Å². The SMILES string of the molecule is Cc1oc2ccccc2c1CN1CCCC(C(=O)O)C1. The van der Waals surface area contributed by atoms with E-state index >= 15 is 0 Å². The topological polar surface area (TPSA) is 53.7 Å². The Hall–Kier alpha value is -1.81. The van der Waals surface area contributed by atoms with Gasteiger partial charge in [0.05, 0.1) is 5.92 Å². The van der Waals surface area contributed by atoms with Crippen molar-refractivity contribution in [3.8, 4) is 0 Å². The van der Waals surface area contributed by atoms with Gasteiger partial charge in [-0.25, -0.2) is 0 Å². The molecule has 20 heavy (non-hydrogen) atoms. The zero-order chi connectivity index (χ0) is 14.1. The Bertz CT molecular complexity index is 632. The first-order valence-corrected chi connectivity index (χ1v) is 7.07. The fraction of sp³-hybridized carbons (Fsp3) is 0.438. The average molecular weight is 273 g/mol. The number of hydrogen-bond acceptors (Lipinski definition) is 3. The number of carbonyl (C=O) groups is 1. The molecule has 0 amide bonds. The number of rotatable bonds is 3. The second-order valence-electron chi connectivity index (χ2n) is 5.55. The third-order valence-electron chi connectivity index (χ3n) is 4.14.